The number of esters is 1. The first-order chi connectivity index (χ1) is 8.47. The number of hydrogen-bond donors (Lipinski definition) is 1. The van der Waals surface area contributed by atoms with Crippen LogP contribution >= 0.6 is 12.2 Å². The van der Waals surface area contributed by atoms with E-state index in [1.807, 2.05) is 13.8 Å². The molecule has 0 saturated carbocycles. The molecule has 0 bridgehead atoms. The normalized spacial score (nSPS) is 9.94. The second-order valence-corrected chi connectivity index (χ2v) is 4.09. The maximum Gasteiger partial charge on any atom is 0.325 e. The fourth-order valence-corrected chi connectivity index (χ4v) is 1.47. The Bertz CT molecular complexity index is 464. The van der Waals surface area contributed by atoms with Crippen molar-refractivity contribution in [2.24, 2.45) is 5.73 Å². The lowest BCUT2D eigenvalue weighted by Crippen LogP contribution is -2.32. The molecule has 0 spiro atoms. The van der Waals surface area contributed by atoms with Gasteiger partial charge < -0.3 is 15.4 Å². The molecule has 1 rings (SSSR count). The monoisotopic (exact) mass is 268 g/mol. The van der Waals surface area contributed by atoms with Gasteiger partial charge in [0.2, 0.25) is 5.95 Å². The molecule has 0 aliphatic rings. The van der Waals surface area contributed by atoms with E-state index in [0.29, 0.717) is 18.2 Å². The van der Waals surface area contributed by atoms with Crippen molar-refractivity contribution in [1.29, 1.82) is 0 Å². The number of ether oxygens (including phenoxy) is 1. The molecule has 98 valence electrons. The fourth-order valence-electron chi connectivity index (χ4n) is 1.36. The van der Waals surface area contributed by atoms with Gasteiger partial charge in [0.15, 0.2) is 0 Å². The minimum atomic E-state index is -0.348. The minimum absolute atomic E-state index is 0.0905. The van der Waals surface area contributed by atoms with Gasteiger partial charge in [-0.05, 0) is 19.9 Å². The second kappa shape index (κ2) is 6.25. The summed E-state index contributed by atoms with van der Waals surface area (Å²) in [6, 6.07) is 1.71. The molecule has 0 saturated heterocycles. The number of rotatable bonds is 5. The van der Waals surface area contributed by atoms with Crippen molar-refractivity contribution in [2.75, 3.05) is 25.1 Å². The smallest absolute Gasteiger partial charge is 0.325 e. The summed E-state index contributed by atoms with van der Waals surface area (Å²) in [6.07, 6.45) is 0. The summed E-state index contributed by atoms with van der Waals surface area (Å²) in [6.45, 7) is 4.39. The third kappa shape index (κ3) is 3.63. The molecule has 1 aromatic rings. The standard InChI is InChI=1S/C11H16N4O2S/c1-4-15(6-9(16)17-3)11-13-7(2)5-8(14-11)10(12)18/h5H,4,6H2,1-3H3,(H2,12,18). The largest absolute Gasteiger partial charge is 0.468 e. The molecule has 1 aromatic heterocycles. The Hall–Kier alpha value is -1.76. The molecular formula is C11H16N4O2S. The van der Waals surface area contributed by atoms with Gasteiger partial charge >= 0.3 is 5.97 Å². The molecule has 7 heteroatoms. The molecule has 6 nitrogen and oxygen atoms in total. The summed E-state index contributed by atoms with van der Waals surface area (Å²) in [4.78, 5) is 21.7. The highest BCUT2D eigenvalue weighted by Crippen LogP contribution is 2.10. The zero-order valence-electron chi connectivity index (χ0n) is 10.6. The third-order valence-electron chi connectivity index (χ3n) is 2.31. The van der Waals surface area contributed by atoms with Gasteiger partial charge in [-0.2, -0.15) is 0 Å². The van der Waals surface area contributed by atoms with E-state index in [1.54, 1.807) is 11.0 Å². The average Bonchev–Trinajstić information content (AvgIpc) is 2.34. The summed E-state index contributed by atoms with van der Waals surface area (Å²) >= 11 is 4.89. The van der Waals surface area contributed by atoms with Crippen LogP contribution < -0.4 is 10.6 Å². The van der Waals surface area contributed by atoms with E-state index in [2.05, 4.69) is 14.7 Å². The Balaban J connectivity index is 3.05. The Kier molecular flexibility index (Phi) is 4.96. The Morgan fingerprint density at radius 2 is 2.22 bits per heavy atom. The third-order valence-corrected chi connectivity index (χ3v) is 2.52. The van der Waals surface area contributed by atoms with Gasteiger partial charge in [0.05, 0.1) is 7.11 Å². The number of aryl methyl sites for hydroxylation is 1. The van der Waals surface area contributed by atoms with E-state index in [1.165, 1.54) is 7.11 Å². The predicted octanol–water partition coefficient (Wildman–Crippen LogP) is 0.419. The first-order valence-corrected chi connectivity index (χ1v) is 5.86. The van der Waals surface area contributed by atoms with Crippen LogP contribution in [0.3, 0.4) is 0 Å². The lowest BCUT2D eigenvalue weighted by atomic mass is 10.3. The second-order valence-electron chi connectivity index (χ2n) is 3.65. The number of hydrogen-bond acceptors (Lipinski definition) is 6. The zero-order chi connectivity index (χ0) is 13.7. The molecule has 18 heavy (non-hydrogen) atoms. The van der Waals surface area contributed by atoms with Crippen molar-refractivity contribution in [2.45, 2.75) is 13.8 Å². The highest BCUT2D eigenvalue weighted by molar-refractivity contribution is 7.80. The van der Waals surface area contributed by atoms with E-state index in [9.17, 15) is 4.79 Å². The van der Waals surface area contributed by atoms with E-state index < -0.39 is 0 Å². The van der Waals surface area contributed by atoms with Crippen molar-refractivity contribution < 1.29 is 9.53 Å². The first kappa shape index (κ1) is 14.3. The summed E-state index contributed by atoms with van der Waals surface area (Å²) in [5.41, 5.74) is 6.79. The van der Waals surface area contributed by atoms with Crippen LogP contribution in [-0.2, 0) is 9.53 Å². The van der Waals surface area contributed by atoms with Gasteiger partial charge in [-0.25, -0.2) is 9.97 Å². The predicted molar refractivity (Wildman–Crippen MR) is 72.6 cm³/mol. The Morgan fingerprint density at radius 3 is 2.72 bits per heavy atom. The van der Waals surface area contributed by atoms with Crippen LogP contribution in [-0.4, -0.2) is 41.1 Å². The number of thiocarbonyl (C=S) groups is 1. The van der Waals surface area contributed by atoms with Crippen LogP contribution in [0.5, 0.6) is 0 Å². The van der Waals surface area contributed by atoms with Gasteiger partial charge in [0.25, 0.3) is 0 Å². The van der Waals surface area contributed by atoms with E-state index in [-0.39, 0.29) is 17.5 Å². The molecule has 0 aliphatic heterocycles. The SMILES string of the molecule is CCN(CC(=O)OC)c1nc(C)cc(C(N)=S)n1. The van der Waals surface area contributed by atoms with E-state index >= 15 is 0 Å². The van der Waals surface area contributed by atoms with E-state index in [4.69, 9.17) is 18.0 Å². The van der Waals surface area contributed by atoms with Crippen molar-refractivity contribution in [1.82, 2.24) is 9.97 Å². The Morgan fingerprint density at radius 1 is 1.56 bits per heavy atom. The first-order valence-electron chi connectivity index (χ1n) is 5.45. The lowest BCUT2D eigenvalue weighted by molar-refractivity contribution is -0.138. The van der Waals surface area contributed by atoms with E-state index in [0.717, 1.165) is 5.69 Å². The number of aromatic nitrogens is 2. The van der Waals surface area contributed by atoms with Crippen molar-refractivity contribution in [3.8, 4) is 0 Å². The highest BCUT2D eigenvalue weighted by Gasteiger charge is 2.14. The van der Waals surface area contributed by atoms with Gasteiger partial charge in [0, 0.05) is 12.2 Å². The quantitative estimate of drug-likeness (QED) is 0.612. The van der Waals surface area contributed by atoms with Gasteiger partial charge in [-0.1, -0.05) is 12.2 Å². The fraction of sp³-hybridized carbons (Fsp3) is 0.455. The van der Waals surface area contributed by atoms with Crippen molar-refractivity contribution in [3.05, 3.63) is 17.5 Å². The van der Waals surface area contributed by atoms with Gasteiger partial charge in [0.1, 0.15) is 17.2 Å². The number of anilines is 1. The molecule has 0 aromatic carbocycles. The van der Waals surface area contributed by atoms with Crippen LogP contribution in [0.15, 0.2) is 6.07 Å². The van der Waals surface area contributed by atoms with Crippen LogP contribution in [0.1, 0.15) is 18.3 Å². The van der Waals surface area contributed by atoms with Gasteiger partial charge in [-0.15, -0.1) is 0 Å². The molecule has 0 atom stereocenters. The molecule has 1 heterocycles. The molecule has 0 radical (unpaired) electrons. The van der Waals surface area contributed by atoms with Crippen molar-refractivity contribution in [3.63, 3.8) is 0 Å². The number of methoxy groups -OCH3 is 1. The number of carbonyl (C=O) groups is 1. The van der Waals surface area contributed by atoms with Gasteiger partial charge in [-0.3, -0.25) is 4.79 Å². The molecule has 2 N–H and O–H groups in total. The summed E-state index contributed by atoms with van der Waals surface area (Å²) in [5, 5.41) is 0. The number of likely N-dealkylation sites (N-methyl/N-ethyl adjacent to an activating group) is 1. The minimum Gasteiger partial charge on any atom is -0.468 e. The van der Waals surface area contributed by atoms with Crippen LogP contribution in [0.25, 0.3) is 0 Å². The van der Waals surface area contributed by atoms with Crippen LogP contribution in [0, 0.1) is 6.92 Å². The lowest BCUT2D eigenvalue weighted by Gasteiger charge is -2.20. The summed E-state index contributed by atoms with van der Waals surface area (Å²) < 4.78 is 4.63. The topological polar surface area (TPSA) is 81.3 Å². The maximum atomic E-state index is 11.3. The number of nitrogens with zero attached hydrogens (tertiary/aromatic N) is 3. The molecular weight excluding hydrogens is 252 g/mol. The number of carbonyl (C=O) groups excluding carboxylic acids is 1. The average molecular weight is 268 g/mol. The molecule has 0 amide bonds. The number of nitrogens with two attached hydrogens (primary N) is 1. The van der Waals surface area contributed by atoms with Crippen LogP contribution in [0.2, 0.25) is 0 Å². The molecule has 0 unspecified atom stereocenters. The summed E-state index contributed by atoms with van der Waals surface area (Å²) in [5.74, 6) is 0.0736. The Labute approximate surface area is 111 Å². The van der Waals surface area contributed by atoms with Crippen LogP contribution in [0.4, 0.5) is 5.95 Å². The highest BCUT2D eigenvalue weighted by atomic mass is 32.1. The maximum absolute atomic E-state index is 11.3. The summed E-state index contributed by atoms with van der Waals surface area (Å²) in [7, 11) is 1.34. The van der Waals surface area contributed by atoms with Crippen molar-refractivity contribution >= 4 is 29.1 Å². The molecule has 0 fully saturated rings. The molecule has 0 aliphatic carbocycles. The zero-order valence-corrected chi connectivity index (χ0v) is 11.5.